The molecule has 110 valence electrons. The third-order valence-corrected chi connectivity index (χ3v) is 3.33. The molecule has 0 aliphatic rings. The van der Waals surface area contributed by atoms with Crippen molar-refractivity contribution in [3.05, 3.63) is 70.2 Å². The number of carbonyl (C=O) groups excluding carboxylic acids is 1. The molecule has 0 aliphatic heterocycles. The molecule has 2 aromatic carbocycles. The maximum Gasteiger partial charge on any atom is 0.417 e. The first-order valence-corrected chi connectivity index (χ1v) is 6.31. The number of carboxylic acid groups (broad SMARTS) is 1. The molecule has 1 atom stereocenters. The fourth-order valence-corrected chi connectivity index (χ4v) is 2.27. The summed E-state index contributed by atoms with van der Waals surface area (Å²) < 4.78 is 38.5. The van der Waals surface area contributed by atoms with Crippen molar-refractivity contribution < 1.29 is 23.1 Å². The number of carbonyl (C=O) groups is 1. The minimum atomic E-state index is -4.65. The summed E-state index contributed by atoms with van der Waals surface area (Å²) in [6.45, 7) is 0. The molecular formula is C15H9ClF3O2-. The van der Waals surface area contributed by atoms with E-state index in [0.29, 0.717) is 5.56 Å². The van der Waals surface area contributed by atoms with Crippen LogP contribution < -0.4 is 5.11 Å². The van der Waals surface area contributed by atoms with Crippen LogP contribution in [0.1, 0.15) is 22.6 Å². The van der Waals surface area contributed by atoms with Crippen molar-refractivity contribution >= 4 is 17.6 Å². The highest BCUT2D eigenvalue weighted by Gasteiger charge is 2.34. The van der Waals surface area contributed by atoms with Gasteiger partial charge in [-0.2, -0.15) is 13.2 Å². The van der Waals surface area contributed by atoms with Gasteiger partial charge in [0.2, 0.25) is 0 Å². The quantitative estimate of drug-likeness (QED) is 0.872. The summed E-state index contributed by atoms with van der Waals surface area (Å²) in [6, 6.07) is 11.0. The lowest BCUT2D eigenvalue weighted by Gasteiger charge is -2.20. The van der Waals surface area contributed by atoms with Crippen molar-refractivity contribution in [2.45, 2.75) is 12.1 Å². The molecule has 0 saturated carbocycles. The molecule has 2 rings (SSSR count). The summed E-state index contributed by atoms with van der Waals surface area (Å²) in [5.74, 6) is -2.76. The first-order chi connectivity index (χ1) is 9.80. The van der Waals surface area contributed by atoms with E-state index >= 15 is 0 Å². The van der Waals surface area contributed by atoms with E-state index in [9.17, 15) is 23.1 Å². The van der Waals surface area contributed by atoms with Crippen LogP contribution in [-0.2, 0) is 11.0 Å². The molecule has 0 aromatic heterocycles. The molecule has 0 fully saturated rings. The minimum Gasteiger partial charge on any atom is -0.549 e. The lowest BCUT2D eigenvalue weighted by Crippen LogP contribution is -2.30. The van der Waals surface area contributed by atoms with Crippen molar-refractivity contribution in [3.8, 4) is 0 Å². The Morgan fingerprint density at radius 1 is 1.05 bits per heavy atom. The fourth-order valence-electron chi connectivity index (χ4n) is 2.05. The Kier molecular flexibility index (Phi) is 4.23. The van der Waals surface area contributed by atoms with Crippen molar-refractivity contribution in [1.82, 2.24) is 0 Å². The van der Waals surface area contributed by atoms with Gasteiger partial charge in [0.1, 0.15) is 0 Å². The van der Waals surface area contributed by atoms with Gasteiger partial charge in [0.15, 0.2) is 0 Å². The highest BCUT2D eigenvalue weighted by molar-refractivity contribution is 6.31. The Hall–Kier alpha value is -2.01. The van der Waals surface area contributed by atoms with E-state index in [1.54, 1.807) is 18.2 Å². The molecule has 0 amide bonds. The predicted octanol–water partition coefficient (Wildman–Crippen LogP) is 3.24. The Balaban J connectivity index is 2.55. The average Bonchev–Trinajstić information content (AvgIpc) is 2.40. The lowest BCUT2D eigenvalue weighted by atomic mass is 9.90. The first-order valence-electron chi connectivity index (χ1n) is 5.93. The number of alkyl halides is 3. The summed E-state index contributed by atoms with van der Waals surface area (Å²) >= 11 is 5.53. The topological polar surface area (TPSA) is 40.1 Å². The molecular weight excluding hydrogens is 305 g/mol. The van der Waals surface area contributed by atoms with Gasteiger partial charge in [-0.1, -0.05) is 48.0 Å². The molecule has 0 heterocycles. The van der Waals surface area contributed by atoms with Crippen LogP contribution in [0.5, 0.6) is 0 Å². The number of aliphatic carboxylic acids is 1. The van der Waals surface area contributed by atoms with Gasteiger partial charge in [0.25, 0.3) is 0 Å². The third kappa shape index (κ3) is 3.36. The summed E-state index contributed by atoms with van der Waals surface area (Å²) in [5.41, 5.74) is -0.755. The molecule has 0 aliphatic carbocycles. The summed E-state index contributed by atoms with van der Waals surface area (Å²) in [4.78, 5) is 11.3. The number of carboxylic acids is 1. The normalized spacial score (nSPS) is 13.0. The van der Waals surface area contributed by atoms with Crippen LogP contribution in [-0.4, -0.2) is 5.97 Å². The van der Waals surface area contributed by atoms with E-state index in [0.717, 1.165) is 12.1 Å². The monoisotopic (exact) mass is 313 g/mol. The number of hydrogen-bond donors (Lipinski definition) is 0. The van der Waals surface area contributed by atoms with Crippen molar-refractivity contribution in [2.24, 2.45) is 0 Å². The van der Waals surface area contributed by atoms with Gasteiger partial charge < -0.3 is 9.90 Å². The third-order valence-electron chi connectivity index (χ3n) is 3.00. The lowest BCUT2D eigenvalue weighted by molar-refractivity contribution is -0.306. The smallest absolute Gasteiger partial charge is 0.417 e. The molecule has 0 spiro atoms. The number of rotatable bonds is 3. The Morgan fingerprint density at radius 2 is 1.67 bits per heavy atom. The SMILES string of the molecule is O=C([O-])C(c1ccccc1)c1ccc(Cl)c(C(F)(F)F)c1. The standard InChI is InChI=1S/C15H10ClF3O2/c16-12-7-6-10(8-11(12)15(17,18)19)13(14(20)21)9-4-2-1-3-5-9/h1-8,13H,(H,20,21)/p-1. The summed E-state index contributed by atoms with van der Waals surface area (Å²) in [5, 5.41) is 10.8. The van der Waals surface area contributed by atoms with Crippen LogP contribution in [0.4, 0.5) is 13.2 Å². The van der Waals surface area contributed by atoms with Gasteiger partial charge >= 0.3 is 6.18 Å². The molecule has 0 saturated heterocycles. The molecule has 2 nitrogen and oxygen atoms in total. The van der Waals surface area contributed by atoms with E-state index in [1.807, 2.05) is 0 Å². The predicted molar refractivity (Wildman–Crippen MR) is 69.7 cm³/mol. The highest BCUT2D eigenvalue weighted by atomic mass is 35.5. The van der Waals surface area contributed by atoms with Gasteiger partial charge in [0, 0.05) is 5.92 Å². The van der Waals surface area contributed by atoms with Crippen LogP contribution in [0.25, 0.3) is 0 Å². The second-order valence-corrected chi connectivity index (χ2v) is 4.81. The van der Waals surface area contributed by atoms with Crippen molar-refractivity contribution in [2.75, 3.05) is 0 Å². The van der Waals surface area contributed by atoms with E-state index < -0.39 is 28.6 Å². The van der Waals surface area contributed by atoms with Gasteiger partial charge in [-0.15, -0.1) is 0 Å². The Bertz CT molecular complexity index is 654. The molecule has 0 N–H and O–H groups in total. The van der Waals surface area contributed by atoms with Crippen LogP contribution in [0, 0.1) is 0 Å². The zero-order valence-corrected chi connectivity index (χ0v) is 11.3. The molecule has 0 radical (unpaired) electrons. The summed E-state index contributed by atoms with van der Waals surface area (Å²) in [6.07, 6.45) is -4.65. The van der Waals surface area contributed by atoms with Gasteiger partial charge in [0.05, 0.1) is 16.6 Å². The highest BCUT2D eigenvalue weighted by Crippen LogP contribution is 2.37. The number of halogens is 4. The average molecular weight is 314 g/mol. The molecule has 1 unspecified atom stereocenters. The first kappa shape index (κ1) is 15.4. The van der Waals surface area contributed by atoms with Crippen LogP contribution in [0.2, 0.25) is 5.02 Å². The van der Waals surface area contributed by atoms with Gasteiger partial charge in [-0.25, -0.2) is 0 Å². The summed E-state index contributed by atoms with van der Waals surface area (Å²) in [7, 11) is 0. The maximum absolute atomic E-state index is 12.8. The Morgan fingerprint density at radius 3 is 2.19 bits per heavy atom. The van der Waals surface area contributed by atoms with Crippen LogP contribution in [0.3, 0.4) is 0 Å². The van der Waals surface area contributed by atoms with Crippen molar-refractivity contribution in [1.29, 1.82) is 0 Å². The molecule has 0 bridgehead atoms. The largest absolute Gasteiger partial charge is 0.549 e. The maximum atomic E-state index is 12.8. The molecule has 6 heteroatoms. The molecule has 21 heavy (non-hydrogen) atoms. The van der Waals surface area contributed by atoms with E-state index in [-0.39, 0.29) is 5.56 Å². The fraction of sp³-hybridized carbons (Fsp3) is 0.133. The van der Waals surface area contributed by atoms with Gasteiger partial charge in [-0.05, 0) is 23.3 Å². The minimum absolute atomic E-state index is 0.0297. The van der Waals surface area contributed by atoms with Crippen LogP contribution in [0.15, 0.2) is 48.5 Å². The van der Waals surface area contributed by atoms with E-state index in [4.69, 9.17) is 11.6 Å². The Labute approximate surface area is 123 Å². The van der Waals surface area contributed by atoms with Crippen LogP contribution >= 0.6 is 11.6 Å². The zero-order chi connectivity index (χ0) is 15.6. The number of hydrogen-bond acceptors (Lipinski definition) is 2. The van der Waals surface area contributed by atoms with E-state index in [1.165, 1.54) is 18.2 Å². The number of benzene rings is 2. The second kappa shape index (κ2) is 5.77. The van der Waals surface area contributed by atoms with E-state index in [2.05, 4.69) is 0 Å². The zero-order valence-electron chi connectivity index (χ0n) is 10.5. The van der Waals surface area contributed by atoms with Gasteiger partial charge in [-0.3, -0.25) is 0 Å². The molecule has 2 aromatic rings. The second-order valence-electron chi connectivity index (χ2n) is 4.40. The van der Waals surface area contributed by atoms with Crippen molar-refractivity contribution in [3.63, 3.8) is 0 Å².